The van der Waals surface area contributed by atoms with Gasteiger partial charge in [-0.2, -0.15) is 0 Å². The topological polar surface area (TPSA) is 23.5 Å². The Morgan fingerprint density at radius 1 is 0.889 bits per heavy atom. The van der Waals surface area contributed by atoms with E-state index in [9.17, 15) is 5.11 Å². The fourth-order valence-corrected chi connectivity index (χ4v) is 2.07. The molecule has 2 rings (SSSR count). The van der Waals surface area contributed by atoms with Crippen molar-refractivity contribution in [3.05, 3.63) is 60.2 Å². The Labute approximate surface area is 109 Å². The van der Waals surface area contributed by atoms with Crippen LogP contribution >= 0.6 is 0 Å². The second kappa shape index (κ2) is 4.83. The van der Waals surface area contributed by atoms with Crippen molar-refractivity contribution in [1.29, 1.82) is 0 Å². The van der Waals surface area contributed by atoms with E-state index in [2.05, 4.69) is 17.0 Å². The lowest BCUT2D eigenvalue weighted by Crippen LogP contribution is -2.21. The molecule has 2 aromatic rings. The fraction of sp³-hybridized carbons (Fsp3) is 0.250. The molecule has 0 amide bonds. The van der Waals surface area contributed by atoms with Crippen LogP contribution in [-0.4, -0.2) is 12.2 Å². The first-order chi connectivity index (χ1) is 8.50. The van der Waals surface area contributed by atoms with Crippen molar-refractivity contribution >= 4 is 11.4 Å². The summed E-state index contributed by atoms with van der Waals surface area (Å²) in [6.45, 7) is 3.62. The Bertz CT molecular complexity index is 514. The minimum atomic E-state index is -0.848. The Kier molecular flexibility index (Phi) is 3.39. The number of hydrogen-bond acceptors (Lipinski definition) is 2. The van der Waals surface area contributed by atoms with Gasteiger partial charge in [-0.3, -0.25) is 0 Å². The molecule has 1 N–H and O–H groups in total. The van der Waals surface area contributed by atoms with Gasteiger partial charge in [-0.1, -0.05) is 36.4 Å². The lowest BCUT2D eigenvalue weighted by atomic mass is 9.96. The number of anilines is 2. The highest BCUT2D eigenvalue weighted by Gasteiger charge is 2.21. The van der Waals surface area contributed by atoms with Crippen LogP contribution in [0.2, 0.25) is 0 Å². The molecule has 0 fully saturated rings. The van der Waals surface area contributed by atoms with E-state index in [-0.39, 0.29) is 0 Å². The van der Waals surface area contributed by atoms with Crippen molar-refractivity contribution in [3.63, 3.8) is 0 Å². The molecule has 0 heterocycles. The molecule has 0 saturated heterocycles. The van der Waals surface area contributed by atoms with Gasteiger partial charge in [0.05, 0.1) is 5.60 Å². The molecule has 0 aliphatic heterocycles. The summed E-state index contributed by atoms with van der Waals surface area (Å²) in [5.74, 6) is 0. The van der Waals surface area contributed by atoms with E-state index >= 15 is 0 Å². The van der Waals surface area contributed by atoms with E-state index in [1.165, 1.54) is 0 Å². The number of rotatable bonds is 3. The number of aliphatic hydroxyl groups is 1. The van der Waals surface area contributed by atoms with Gasteiger partial charge in [0.15, 0.2) is 0 Å². The molecule has 0 spiro atoms. The normalized spacial score (nSPS) is 11.3. The van der Waals surface area contributed by atoms with E-state index in [0.717, 1.165) is 16.9 Å². The van der Waals surface area contributed by atoms with Crippen LogP contribution in [0.15, 0.2) is 54.6 Å². The van der Waals surface area contributed by atoms with Crippen LogP contribution in [0.3, 0.4) is 0 Å². The lowest BCUT2D eigenvalue weighted by Gasteiger charge is -2.28. The Morgan fingerprint density at radius 2 is 1.44 bits per heavy atom. The Morgan fingerprint density at radius 3 is 2.06 bits per heavy atom. The molecular formula is C16H19NO. The second-order valence-corrected chi connectivity index (χ2v) is 4.97. The molecule has 0 atom stereocenters. The highest BCUT2D eigenvalue weighted by molar-refractivity contribution is 5.66. The predicted octanol–water partition coefficient (Wildman–Crippen LogP) is 3.68. The lowest BCUT2D eigenvalue weighted by molar-refractivity contribution is 0.0791. The summed E-state index contributed by atoms with van der Waals surface area (Å²) >= 11 is 0. The van der Waals surface area contributed by atoms with Crippen LogP contribution in [0.5, 0.6) is 0 Å². The van der Waals surface area contributed by atoms with Crippen LogP contribution < -0.4 is 4.90 Å². The van der Waals surface area contributed by atoms with Gasteiger partial charge < -0.3 is 10.0 Å². The number of hydrogen-bond donors (Lipinski definition) is 1. The Hall–Kier alpha value is -1.80. The van der Waals surface area contributed by atoms with E-state index in [1.807, 2.05) is 63.4 Å². The maximum absolute atomic E-state index is 10.2. The minimum absolute atomic E-state index is 0.848. The van der Waals surface area contributed by atoms with Gasteiger partial charge in [-0.15, -0.1) is 0 Å². The van der Waals surface area contributed by atoms with Crippen LogP contribution in [0, 0.1) is 0 Å². The van der Waals surface area contributed by atoms with Gasteiger partial charge in [0, 0.05) is 24.0 Å². The molecule has 2 aromatic carbocycles. The average Bonchev–Trinajstić information content (AvgIpc) is 2.38. The van der Waals surface area contributed by atoms with Gasteiger partial charge in [-0.25, -0.2) is 0 Å². The molecule has 0 unspecified atom stereocenters. The third-order valence-electron chi connectivity index (χ3n) is 3.07. The molecule has 0 aliphatic rings. The van der Waals surface area contributed by atoms with Gasteiger partial charge in [0.25, 0.3) is 0 Å². The first-order valence-corrected chi connectivity index (χ1v) is 6.11. The highest BCUT2D eigenvalue weighted by atomic mass is 16.3. The first kappa shape index (κ1) is 12.7. The summed E-state index contributed by atoms with van der Waals surface area (Å²) in [6.07, 6.45) is 0. The van der Waals surface area contributed by atoms with Crippen LogP contribution in [-0.2, 0) is 5.60 Å². The maximum atomic E-state index is 10.2. The highest BCUT2D eigenvalue weighted by Crippen LogP contribution is 2.33. The van der Waals surface area contributed by atoms with E-state index in [0.29, 0.717) is 0 Å². The van der Waals surface area contributed by atoms with Crippen LogP contribution in [0.4, 0.5) is 11.4 Å². The summed E-state index contributed by atoms with van der Waals surface area (Å²) in [6, 6.07) is 18.1. The average molecular weight is 241 g/mol. The first-order valence-electron chi connectivity index (χ1n) is 6.11. The molecule has 2 nitrogen and oxygen atoms in total. The van der Waals surface area contributed by atoms with Gasteiger partial charge in [0.1, 0.15) is 0 Å². The molecule has 0 aliphatic carbocycles. The Balaban J connectivity index is 2.46. The maximum Gasteiger partial charge on any atom is 0.0860 e. The van der Waals surface area contributed by atoms with E-state index in [4.69, 9.17) is 0 Å². The van der Waals surface area contributed by atoms with Gasteiger partial charge in [0.2, 0.25) is 0 Å². The fourth-order valence-electron chi connectivity index (χ4n) is 2.07. The SMILES string of the molecule is CN(c1ccccc1)c1ccccc1C(C)(C)O. The van der Waals surface area contributed by atoms with E-state index in [1.54, 1.807) is 0 Å². The molecule has 94 valence electrons. The quantitative estimate of drug-likeness (QED) is 0.886. The molecule has 0 bridgehead atoms. The summed E-state index contributed by atoms with van der Waals surface area (Å²) in [4.78, 5) is 2.09. The van der Waals surface area contributed by atoms with Crippen molar-refractivity contribution in [2.75, 3.05) is 11.9 Å². The standard InChI is InChI=1S/C16H19NO/c1-16(2,18)14-11-7-8-12-15(14)17(3)13-9-5-4-6-10-13/h4-12,18H,1-3H3. The van der Waals surface area contributed by atoms with Crippen LogP contribution in [0.25, 0.3) is 0 Å². The second-order valence-electron chi connectivity index (χ2n) is 4.97. The molecule has 0 radical (unpaired) electrons. The van der Waals surface area contributed by atoms with Gasteiger partial charge in [-0.05, 0) is 32.0 Å². The van der Waals surface area contributed by atoms with Crippen molar-refractivity contribution in [3.8, 4) is 0 Å². The van der Waals surface area contributed by atoms with Gasteiger partial charge >= 0.3 is 0 Å². The largest absolute Gasteiger partial charge is 0.386 e. The number of nitrogens with zero attached hydrogens (tertiary/aromatic N) is 1. The van der Waals surface area contributed by atoms with Crippen molar-refractivity contribution < 1.29 is 5.11 Å². The molecular weight excluding hydrogens is 222 g/mol. The smallest absolute Gasteiger partial charge is 0.0860 e. The zero-order valence-electron chi connectivity index (χ0n) is 11.1. The molecule has 2 heteroatoms. The third-order valence-corrected chi connectivity index (χ3v) is 3.07. The third kappa shape index (κ3) is 2.54. The van der Waals surface area contributed by atoms with Crippen molar-refractivity contribution in [2.24, 2.45) is 0 Å². The minimum Gasteiger partial charge on any atom is -0.386 e. The van der Waals surface area contributed by atoms with Crippen molar-refractivity contribution in [2.45, 2.75) is 19.4 Å². The molecule has 0 aromatic heterocycles. The van der Waals surface area contributed by atoms with Crippen molar-refractivity contribution in [1.82, 2.24) is 0 Å². The van der Waals surface area contributed by atoms with Crippen LogP contribution in [0.1, 0.15) is 19.4 Å². The number of para-hydroxylation sites is 2. The predicted molar refractivity (Wildman–Crippen MR) is 76.2 cm³/mol. The zero-order chi connectivity index (χ0) is 13.2. The monoisotopic (exact) mass is 241 g/mol. The molecule has 0 saturated carbocycles. The van der Waals surface area contributed by atoms with E-state index < -0.39 is 5.60 Å². The number of benzene rings is 2. The molecule has 18 heavy (non-hydrogen) atoms. The summed E-state index contributed by atoms with van der Waals surface area (Å²) in [5.41, 5.74) is 2.21. The summed E-state index contributed by atoms with van der Waals surface area (Å²) in [5, 5.41) is 10.2. The summed E-state index contributed by atoms with van der Waals surface area (Å²) < 4.78 is 0. The zero-order valence-corrected chi connectivity index (χ0v) is 11.1. The summed E-state index contributed by atoms with van der Waals surface area (Å²) in [7, 11) is 2.01.